The lowest BCUT2D eigenvalue weighted by Gasteiger charge is -2.36. The highest BCUT2D eigenvalue weighted by molar-refractivity contribution is 6.35. The number of hydrogen-bond donors (Lipinski definition) is 0. The van der Waals surface area contributed by atoms with Gasteiger partial charge in [-0.15, -0.1) is 0 Å². The zero-order chi connectivity index (χ0) is 31.9. The van der Waals surface area contributed by atoms with Crippen LogP contribution in [0.3, 0.4) is 0 Å². The van der Waals surface area contributed by atoms with Crippen molar-refractivity contribution in [3.05, 3.63) is 47.2 Å². The molecule has 11 nitrogen and oxygen atoms in total. The number of hydrogen-bond acceptors (Lipinski definition) is 7. The Morgan fingerprint density at radius 3 is 2.78 bits per heavy atom. The molecule has 2 aliphatic rings. The van der Waals surface area contributed by atoms with Gasteiger partial charge in [0.1, 0.15) is 12.2 Å². The van der Waals surface area contributed by atoms with Gasteiger partial charge in [0.15, 0.2) is 11.5 Å². The first-order valence-corrected chi connectivity index (χ1v) is 16.2. The van der Waals surface area contributed by atoms with Crippen LogP contribution in [-0.2, 0) is 22.6 Å². The molecule has 2 saturated heterocycles. The van der Waals surface area contributed by atoms with Crippen molar-refractivity contribution in [2.24, 2.45) is 0 Å². The second-order valence-corrected chi connectivity index (χ2v) is 12.4. The van der Waals surface area contributed by atoms with Crippen molar-refractivity contribution >= 4 is 40.3 Å². The molecule has 0 N–H and O–H groups in total. The van der Waals surface area contributed by atoms with Crippen LogP contribution in [0.1, 0.15) is 38.2 Å². The maximum atomic E-state index is 13.8. The Morgan fingerprint density at radius 1 is 1.16 bits per heavy atom. The SMILES string of the molecule is CCCCCOc1cc(N2CCCN(Cc3ccnc4c3c(Cl)cn4CC(=O)N3CCO[C@H](CN(C)C)C3)C2=O)ccc1OC. The molecule has 3 aromatic rings. The molecule has 0 unspecified atom stereocenters. The molecule has 2 aromatic heterocycles. The lowest BCUT2D eigenvalue weighted by Crippen LogP contribution is -2.49. The second-order valence-electron chi connectivity index (χ2n) is 12.0. The highest BCUT2D eigenvalue weighted by Crippen LogP contribution is 2.34. The van der Waals surface area contributed by atoms with E-state index in [0.29, 0.717) is 68.1 Å². The number of urea groups is 1. The van der Waals surface area contributed by atoms with Crippen LogP contribution < -0.4 is 14.4 Å². The number of pyridine rings is 1. The summed E-state index contributed by atoms with van der Waals surface area (Å²) in [4.78, 5) is 39.2. The Morgan fingerprint density at radius 2 is 2.00 bits per heavy atom. The van der Waals surface area contributed by atoms with Crippen molar-refractivity contribution in [3.63, 3.8) is 0 Å². The number of morpholine rings is 1. The highest BCUT2D eigenvalue weighted by atomic mass is 35.5. The van der Waals surface area contributed by atoms with Gasteiger partial charge in [0.2, 0.25) is 5.91 Å². The molecule has 0 radical (unpaired) electrons. The van der Waals surface area contributed by atoms with Gasteiger partial charge < -0.3 is 33.5 Å². The Balaban J connectivity index is 1.30. The maximum absolute atomic E-state index is 13.8. The fourth-order valence-electron chi connectivity index (χ4n) is 6.05. The van der Waals surface area contributed by atoms with Gasteiger partial charge in [0.25, 0.3) is 0 Å². The first-order valence-electron chi connectivity index (χ1n) is 15.8. The number of carbonyl (C=O) groups excluding carboxylic acids is 2. The van der Waals surface area contributed by atoms with Crippen molar-refractivity contribution in [2.75, 3.05) is 72.0 Å². The predicted molar refractivity (Wildman–Crippen MR) is 175 cm³/mol. The van der Waals surface area contributed by atoms with E-state index >= 15 is 0 Å². The van der Waals surface area contributed by atoms with Crippen molar-refractivity contribution in [1.82, 2.24) is 24.3 Å². The molecule has 12 heteroatoms. The molecule has 2 fully saturated rings. The molecule has 45 heavy (non-hydrogen) atoms. The van der Waals surface area contributed by atoms with E-state index in [9.17, 15) is 9.59 Å². The summed E-state index contributed by atoms with van der Waals surface area (Å²) in [6.07, 6.45) is 7.45. The Bertz CT molecular complexity index is 1480. The summed E-state index contributed by atoms with van der Waals surface area (Å²) in [5.74, 6) is 1.29. The number of aromatic nitrogens is 2. The summed E-state index contributed by atoms with van der Waals surface area (Å²) in [6, 6.07) is 7.46. The number of unbranched alkanes of at least 4 members (excludes halogenated alkanes) is 2. The van der Waals surface area contributed by atoms with Crippen LogP contribution in [-0.4, -0.2) is 109 Å². The van der Waals surface area contributed by atoms with Gasteiger partial charge in [0, 0.05) is 68.8 Å². The van der Waals surface area contributed by atoms with Crippen LogP contribution >= 0.6 is 11.6 Å². The van der Waals surface area contributed by atoms with Crippen molar-refractivity contribution in [1.29, 1.82) is 0 Å². The summed E-state index contributed by atoms with van der Waals surface area (Å²) < 4.78 is 19.2. The zero-order valence-electron chi connectivity index (χ0n) is 26.8. The van der Waals surface area contributed by atoms with Crippen LogP contribution in [0, 0.1) is 0 Å². The lowest BCUT2D eigenvalue weighted by atomic mass is 10.1. The highest BCUT2D eigenvalue weighted by Gasteiger charge is 2.29. The molecule has 0 bridgehead atoms. The number of benzene rings is 1. The van der Waals surface area contributed by atoms with Gasteiger partial charge in [-0.1, -0.05) is 31.4 Å². The predicted octanol–water partition coefficient (Wildman–Crippen LogP) is 4.89. The Labute approximate surface area is 270 Å². The number of rotatable bonds is 13. The molecule has 5 rings (SSSR count). The molecule has 1 aromatic carbocycles. The molecule has 0 saturated carbocycles. The van der Waals surface area contributed by atoms with E-state index in [2.05, 4.69) is 16.8 Å². The number of halogens is 1. The lowest BCUT2D eigenvalue weighted by molar-refractivity contribution is -0.139. The number of amides is 3. The minimum atomic E-state index is -0.0846. The van der Waals surface area contributed by atoms with E-state index in [1.165, 1.54) is 0 Å². The standard InChI is InChI=1S/C33H45ClN6O5/c1-5-6-7-16-45-29-18-25(9-10-28(29)43-4)40-14-8-13-38(33(40)42)19-24-11-12-35-32-31(24)27(34)22-39(32)23-30(41)37-15-17-44-26(21-37)20-36(2)3/h9-12,18,22,26H,5-8,13-17,19-21,23H2,1-4H3/t26-/m1/s1. The summed E-state index contributed by atoms with van der Waals surface area (Å²) in [5, 5.41) is 1.27. The fourth-order valence-corrected chi connectivity index (χ4v) is 6.37. The number of nitrogens with zero attached hydrogens (tertiary/aromatic N) is 6. The maximum Gasteiger partial charge on any atom is 0.324 e. The van der Waals surface area contributed by atoms with Crippen LogP contribution in [0.4, 0.5) is 10.5 Å². The van der Waals surface area contributed by atoms with Gasteiger partial charge in [-0.25, -0.2) is 9.78 Å². The second kappa shape index (κ2) is 15.2. The molecule has 1 atom stereocenters. The quantitative estimate of drug-likeness (QED) is 0.246. The number of carbonyl (C=O) groups is 2. The number of likely N-dealkylation sites (N-methyl/N-ethyl adjacent to an activating group) is 1. The van der Waals surface area contributed by atoms with Gasteiger partial charge in [-0.05, 0) is 50.7 Å². The molecular weight excluding hydrogens is 596 g/mol. The largest absolute Gasteiger partial charge is 0.493 e. The third kappa shape index (κ3) is 7.82. The Hall–Kier alpha value is -3.54. The average molecular weight is 641 g/mol. The van der Waals surface area contributed by atoms with E-state index in [4.69, 9.17) is 25.8 Å². The number of ether oxygens (including phenoxy) is 3. The van der Waals surface area contributed by atoms with Crippen LogP contribution in [0.5, 0.6) is 11.5 Å². The molecule has 3 amide bonds. The summed E-state index contributed by atoms with van der Waals surface area (Å²) in [6.45, 7) is 6.88. The monoisotopic (exact) mass is 640 g/mol. The zero-order valence-corrected chi connectivity index (χ0v) is 27.6. The molecule has 4 heterocycles. The summed E-state index contributed by atoms with van der Waals surface area (Å²) in [7, 11) is 5.61. The molecule has 244 valence electrons. The van der Waals surface area contributed by atoms with Gasteiger partial charge in [-0.2, -0.15) is 0 Å². The van der Waals surface area contributed by atoms with Gasteiger partial charge in [0.05, 0.1) is 31.5 Å². The molecule has 0 spiro atoms. The molecule has 0 aliphatic carbocycles. The van der Waals surface area contributed by atoms with Gasteiger partial charge in [-0.3, -0.25) is 9.69 Å². The fraction of sp³-hybridized carbons (Fsp3) is 0.545. The van der Waals surface area contributed by atoms with E-state index < -0.39 is 0 Å². The summed E-state index contributed by atoms with van der Waals surface area (Å²) in [5.41, 5.74) is 2.29. The minimum absolute atomic E-state index is 0.00196. The first-order chi connectivity index (χ1) is 21.8. The van der Waals surface area contributed by atoms with Crippen molar-refractivity contribution < 1.29 is 23.8 Å². The van der Waals surface area contributed by atoms with E-state index in [1.807, 2.05) is 52.7 Å². The number of anilines is 1. The Kier molecular flexibility index (Phi) is 11.1. The summed E-state index contributed by atoms with van der Waals surface area (Å²) >= 11 is 6.77. The smallest absolute Gasteiger partial charge is 0.324 e. The van der Waals surface area contributed by atoms with E-state index in [-0.39, 0.29) is 24.6 Å². The number of fused-ring (bicyclic) bond motifs is 1. The third-order valence-electron chi connectivity index (χ3n) is 8.30. The minimum Gasteiger partial charge on any atom is -0.493 e. The normalized spacial score (nSPS) is 17.4. The van der Waals surface area contributed by atoms with Gasteiger partial charge >= 0.3 is 6.03 Å². The molecule has 2 aliphatic heterocycles. The topological polar surface area (TPSA) is 92.6 Å². The van der Waals surface area contributed by atoms with Crippen molar-refractivity contribution in [3.8, 4) is 11.5 Å². The third-order valence-corrected chi connectivity index (χ3v) is 8.59. The van der Waals surface area contributed by atoms with Crippen molar-refractivity contribution in [2.45, 2.75) is 51.8 Å². The molecular formula is C33H45ClN6O5. The van der Waals surface area contributed by atoms with E-state index in [0.717, 1.165) is 48.9 Å². The van der Waals surface area contributed by atoms with E-state index in [1.54, 1.807) is 24.4 Å². The van der Waals surface area contributed by atoms with Crippen LogP contribution in [0.15, 0.2) is 36.7 Å². The number of methoxy groups -OCH3 is 1. The first kappa shape index (κ1) is 32.8. The van der Waals surface area contributed by atoms with Crippen LogP contribution in [0.2, 0.25) is 5.02 Å². The average Bonchev–Trinajstić information content (AvgIpc) is 3.35. The van der Waals surface area contributed by atoms with Crippen LogP contribution in [0.25, 0.3) is 11.0 Å².